The van der Waals surface area contributed by atoms with Gasteiger partial charge in [0.2, 0.25) is 5.91 Å². The van der Waals surface area contributed by atoms with Gasteiger partial charge in [0, 0.05) is 49.1 Å². The highest BCUT2D eigenvalue weighted by Crippen LogP contribution is 2.62. The lowest BCUT2D eigenvalue weighted by Gasteiger charge is -2.60. The maximum Gasteiger partial charge on any atom is 0.228 e. The summed E-state index contributed by atoms with van der Waals surface area (Å²) >= 11 is 0. The fourth-order valence-electron chi connectivity index (χ4n) is 9.72. The van der Waals surface area contributed by atoms with Gasteiger partial charge in [-0.2, -0.15) is 0 Å². The minimum Gasteiger partial charge on any atom is -0.390 e. The number of likely N-dealkylation sites (tertiary alicyclic amines) is 2. The number of anilines is 2. The Hall–Kier alpha value is -2.37. The van der Waals surface area contributed by atoms with E-state index in [1.807, 2.05) is 0 Å². The number of piperidine rings is 2. The summed E-state index contributed by atoms with van der Waals surface area (Å²) in [5, 5.41) is 11.2. The molecule has 8 rings (SSSR count). The minimum atomic E-state index is -0.568. The Morgan fingerprint density at radius 3 is 1.87 bits per heavy atom. The van der Waals surface area contributed by atoms with E-state index in [0.717, 1.165) is 77.5 Å². The van der Waals surface area contributed by atoms with Gasteiger partial charge in [-0.15, -0.1) is 0 Å². The van der Waals surface area contributed by atoms with Gasteiger partial charge in [0.1, 0.15) is 0 Å². The monoisotopic (exact) mass is 527 g/mol. The Kier molecular flexibility index (Phi) is 6.31. The number of para-hydroxylation sites is 2. The molecule has 1 N–H and O–H groups in total. The minimum absolute atomic E-state index is 0.158. The topological polar surface area (TPSA) is 47.0 Å². The fourth-order valence-corrected chi connectivity index (χ4v) is 9.72. The van der Waals surface area contributed by atoms with E-state index in [9.17, 15) is 9.90 Å². The molecule has 2 aromatic carbocycles. The van der Waals surface area contributed by atoms with Gasteiger partial charge in [0.25, 0.3) is 0 Å². The number of carbonyl (C=O) groups is 1. The third kappa shape index (κ3) is 4.60. The van der Waals surface area contributed by atoms with Crippen LogP contribution in [-0.2, 0) is 4.79 Å². The normalized spacial score (nSPS) is 34.3. The Labute approximate surface area is 234 Å². The van der Waals surface area contributed by atoms with Crippen molar-refractivity contribution >= 4 is 17.3 Å². The van der Waals surface area contributed by atoms with Gasteiger partial charge >= 0.3 is 0 Å². The number of carbonyl (C=O) groups excluding carboxylic acids is 1. The van der Waals surface area contributed by atoms with Crippen LogP contribution < -0.4 is 4.90 Å². The smallest absolute Gasteiger partial charge is 0.228 e. The van der Waals surface area contributed by atoms with E-state index >= 15 is 0 Å². The first-order chi connectivity index (χ1) is 18.8. The fraction of sp³-hybridized carbons (Fsp3) is 0.618. The molecule has 4 saturated carbocycles. The molecule has 0 spiro atoms. The Morgan fingerprint density at radius 1 is 0.821 bits per heavy atom. The second-order valence-electron chi connectivity index (χ2n) is 14.0. The molecular formula is C34H45N3O2. The van der Waals surface area contributed by atoms with Crippen LogP contribution in [0.2, 0.25) is 0 Å². The van der Waals surface area contributed by atoms with Crippen molar-refractivity contribution in [2.45, 2.75) is 88.3 Å². The summed E-state index contributed by atoms with van der Waals surface area (Å²) in [5.74, 6) is 1.49. The number of nitrogens with zero attached hydrogens (tertiary/aromatic N) is 3. The average molecular weight is 528 g/mol. The molecule has 5 nitrogen and oxygen atoms in total. The summed E-state index contributed by atoms with van der Waals surface area (Å²) in [6.07, 6.45) is 10.2. The maximum absolute atomic E-state index is 14.0. The van der Waals surface area contributed by atoms with E-state index in [1.54, 1.807) is 0 Å². The quantitative estimate of drug-likeness (QED) is 0.518. The van der Waals surface area contributed by atoms with Crippen molar-refractivity contribution in [3.8, 4) is 0 Å². The molecule has 4 bridgehead atoms. The van der Waals surface area contributed by atoms with Crippen molar-refractivity contribution in [2.24, 2.45) is 17.3 Å². The van der Waals surface area contributed by atoms with Gasteiger partial charge in [-0.05, 0) is 107 Å². The molecule has 2 saturated heterocycles. The molecule has 0 aromatic heterocycles. The molecule has 5 heteroatoms. The van der Waals surface area contributed by atoms with Crippen molar-refractivity contribution < 1.29 is 9.90 Å². The van der Waals surface area contributed by atoms with Gasteiger partial charge in [-0.3, -0.25) is 9.69 Å². The van der Waals surface area contributed by atoms with E-state index in [0.29, 0.717) is 30.2 Å². The molecule has 4 atom stereocenters. The third-order valence-electron chi connectivity index (χ3n) is 11.3. The first kappa shape index (κ1) is 25.6. The zero-order valence-electron chi connectivity index (χ0n) is 23.6. The molecule has 2 heterocycles. The van der Waals surface area contributed by atoms with Crippen LogP contribution in [-0.4, -0.2) is 64.2 Å². The highest BCUT2D eigenvalue weighted by molar-refractivity contribution is 5.83. The molecule has 39 heavy (non-hydrogen) atoms. The van der Waals surface area contributed by atoms with Crippen LogP contribution in [0.4, 0.5) is 11.4 Å². The van der Waals surface area contributed by atoms with E-state index in [4.69, 9.17) is 0 Å². The van der Waals surface area contributed by atoms with Crippen LogP contribution in [0, 0.1) is 17.3 Å². The summed E-state index contributed by atoms with van der Waals surface area (Å²) in [6, 6.07) is 22.2. The predicted molar refractivity (Wildman–Crippen MR) is 156 cm³/mol. The predicted octanol–water partition coefficient (Wildman–Crippen LogP) is 6.00. The van der Waals surface area contributed by atoms with Gasteiger partial charge in [-0.1, -0.05) is 36.4 Å². The summed E-state index contributed by atoms with van der Waals surface area (Å²) in [6.45, 7) is 6.38. The Bertz CT molecular complexity index is 1110. The maximum atomic E-state index is 14.0. The van der Waals surface area contributed by atoms with Gasteiger partial charge in [0.05, 0.1) is 11.0 Å². The van der Waals surface area contributed by atoms with Crippen LogP contribution in [0.5, 0.6) is 0 Å². The van der Waals surface area contributed by atoms with Crippen LogP contribution in [0.25, 0.3) is 0 Å². The number of aliphatic hydroxyl groups is 1. The highest BCUT2D eigenvalue weighted by atomic mass is 16.3. The van der Waals surface area contributed by atoms with Crippen LogP contribution >= 0.6 is 0 Å². The van der Waals surface area contributed by atoms with Crippen LogP contribution in [0.15, 0.2) is 60.7 Å². The number of amides is 1. The van der Waals surface area contributed by atoms with Crippen LogP contribution in [0.3, 0.4) is 0 Å². The van der Waals surface area contributed by atoms with Crippen molar-refractivity contribution in [3.63, 3.8) is 0 Å². The SMILES string of the molecule is CC1(N2CCC(N(c3ccccc3)c3ccccc3)CC2)CCN(C(=O)C23C[C@@H]4C[C@@H](CC(O)(C4)C2)C3)CC1. The Morgan fingerprint density at radius 2 is 1.36 bits per heavy atom. The van der Waals surface area contributed by atoms with E-state index in [2.05, 4.69) is 82.3 Å². The third-order valence-corrected chi connectivity index (χ3v) is 11.3. The number of hydrogen-bond donors (Lipinski definition) is 1. The van der Waals surface area contributed by atoms with Crippen molar-refractivity contribution in [3.05, 3.63) is 60.7 Å². The zero-order chi connectivity index (χ0) is 26.7. The zero-order valence-corrected chi connectivity index (χ0v) is 23.6. The highest BCUT2D eigenvalue weighted by Gasteiger charge is 2.61. The van der Waals surface area contributed by atoms with Gasteiger partial charge in [-0.25, -0.2) is 0 Å². The van der Waals surface area contributed by atoms with E-state index in [-0.39, 0.29) is 11.0 Å². The molecular weight excluding hydrogens is 482 g/mol. The average Bonchev–Trinajstić information content (AvgIpc) is 2.93. The van der Waals surface area contributed by atoms with Crippen molar-refractivity contribution in [1.82, 2.24) is 9.80 Å². The molecule has 2 aromatic rings. The van der Waals surface area contributed by atoms with Crippen LogP contribution in [0.1, 0.15) is 71.1 Å². The molecule has 4 aliphatic carbocycles. The molecule has 0 radical (unpaired) electrons. The first-order valence-corrected chi connectivity index (χ1v) is 15.5. The number of benzene rings is 2. The second-order valence-corrected chi connectivity index (χ2v) is 14.0. The molecule has 1 amide bonds. The molecule has 2 aliphatic heterocycles. The molecule has 6 aliphatic rings. The lowest BCUT2D eigenvalue weighted by atomic mass is 9.47. The summed E-state index contributed by atoms with van der Waals surface area (Å²) < 4.78 is 0. The number of rotatable bonds is 5. The lowest BCUT2D eigenvalue weighted by molar-refractivity contribution is -0.187. The Balaban J connectivity index is 0.994. The largest absolute Gasteiger partial charge is 0.390 e. The summed E-state index contributed by atoms with van der Waals surface area (Å²) in [5.41, 5.74) is 1.86. The first-order valence-electron chi connectivity index (χ1n) is 15.5. The number of hydrogen-bond acceptors (Lipinski definition) is 4. The molecule has 2 unspecified atom stereocenters. The summed E-state index contributed by atoms with van der Waals surface area (Å²) in [4.78, 5) is 21.4. The second kappa shape index (κ2) is 9.62. The lowest BCUT2D eigenvalue weighted by Crippen LogP contribution is -2.63. The van der Waals surface area contributed by atoms with Crippen molar-refractivity contribution in [2.75, 3.05) is 31.1 Å². The molecule has 208 valence electrons. The van der Waals surface area contributed by atoms with Gasteiger partial charge in [0.15, 0.2) is 0 Å². The standard InChI is InChI=1S/C34H45N3O2/c1-32(14-18-35(19-15-32)31(38)33-21-26-20-27(22-33)24-34(39,23-26)25-33)36-16-12-30(13-17-36)37(28-8-4-2-5-9-28)29-10-6-3-7-11-29/h2-11,26-27,30,39H,12-25H2,1H3/t26-,27+,33?,34?. The van der Waals surface area contributed by atoms with E-state index in [1.165, 1.54) is 17.8 Å². The van der Waals surface area contributed by atoms with E-state index < -0.39 is 5.60 Å². The summed E-state index contributed by atoms with van der Waals surface area (Å²) in [7, 11) is 0. The van der Waals surface area contributed by atoms with Gasteiger partial charge < -0.3 is 14.9 Å². The molecule has 6 fully saturated rings. The van der Waals surface area contributed by atoms with Crippen molar-refractivity contribution in [1.29, 1.82) is 0 Å².